The number of carbonyl (C=O) groups is 2. The van der Waals surface area contributed by atoms with Gasteiger partial charge in [-0.1, -0.05) is 37.3 Å². The SMILES string of the molecule is Cc1c(C(=O)O[C@H]2CCC[C@H]2C)[nH]c2c1C(=O)C[C@@H](c1ccccc1)C2. The third kappa shape index (κ3) is 2.98. The summed E-state index contributed by atoms with van der Waals surface area (Å²) in [6.45, 7) is 3.98. The molecule has 0 aliphatic heterocycles. The molecule has 2 aliphatic rings. The first-order chi connectivity index (χ1) is 12.5. The first kappa shape index (κ1) is 17.1. The Bertz CT molecular complexity index is 837. The lowest BCUT2D eigenvalue weighted by molar-refractivity contribution is 0.0219. The average molecular weight is 351 g/mol. The molecule has 3 atom stereocenters. The Morgan fingerprint density at radius 3 is 2.62 bits per heavy atom. The topological polar surface area (TPSA) is 59.2 Å². The summed E-state index contributed by atoms with van der Waals surface area (Å²) in [7, 11) is 0. The van der Waals surface area contributed by atoms with Crippen LogP contribution in [0.25, 0.3) is 0 Å². The molecule has 136 valence electrons. The van der Waals surface area contributed by atoms with Gasteiger partial charge in [-0.2, -0.15) is 0 Å². The highest BCUT2D eigenvalue weighted by molar-refractivity contribution is 6.03. The van der Waals surface area contributed by atoms with Crippen LogP contribution < -0.4 is 0 Å². The number of rotatable bonds is 3. The van der Waals surface area contributed by atoms with Crippen molar-refractivity contribution >= 4 is 11.8 Å². The van der Waals surface area contributed by atoms with Crippen LogP contribution in [0.15, 0.2) is 30.3 Å². The van der Waals surface area contributed by atoms with E-state index in [1.807, 2.05) is 25.1 Å². The lowest BCUT2D eigenvalue weighted by Gasteiger charge is -2.22. The number of nitrogens with one attached hydrogen (secondary N) is 1. The Hall–Kier alpha value is -2.36. The molecule has 1 fully saturated rings. The zero-order valence-corrected chi connectivity index (χ0v) is 15.4. The van der Waals surface area contributed by atoms with Gasteiger partial charge in [-0.25, -0.2) is 4.79 Å². The van der Waals surface area contributed by atoms with Crippen molar-refractivity contribution in [3.63, 3.8) is 0 Å². The summed E-state index contributed by atoms with van der Waals surface area (Å²) in [4.78, 5) is 28.7. The lowest BCUT2D eigenvalue weighted by Crippen LogP contribution is -2.21. The predicted molar refractivity (Wildman–Crippen MR) is 99.6 cm³/mol. The molecular formula is C22H25NO3. The van der Waals surface area contributed by atoms with Crippen LogP contribution in [0.1, 0.15) is 76.2 Å². The lowest BCUT2D eigenvalue weighted by atomic mass is 9.81. The number of esters is 1. The molecule has 0 saturated heterocycles. The minimum atomic E-state index is -0.320. The van der Waals surface area contributed by atoms with E-state index in [-0.39, 0.29) is 23.8 Å². The van der Waals surface area contributed by atoms with Crippen LogP contribution in [-0.4, -0.2) is 22.8 Å². The minimum Gasteiger partial charge on any atom is -0.457 e. The Balaban J connectivity index is 1.59. The van der Waals surface area contributed by atoms with Crippen molar-refractivity contribution in [1.82, 2.24) is 4.98 Å². The van der Waals surface area contributed by atoms with Gasteiger partial charge in [0.2, 0.25) is 0 Å². The number of ether oxygens (including phenoxy) is 1. The van der Waals surface area contributed by atoms with Crippen molar-refractivity contribution in [2.24, 2.45) is 5.92 Å². The second-order valence-electron chi connectivity index (χ2n) is 7.77. The van der Waals surface area contributed by atoms with E-state index in [9.17, 15) is 9.59 Å². The molecule has 1 saturated carbocycles. The Kier molecular flexibility index (Phi) is 4.43. The Labute approximate surface area is 154 Å². The smallest absolute Gasteiger partial charge is 0.355 e. The number of aromatic amines is 1. The molecule has 1 aromatic carbocycles. The number of fused-ring (bicyclic) bond motifs is 1. The average Bonchev–Trinajstić information content (AvgIpc) is 3.19. The molecule has 4 nitrogen and oxygen atoms in total. The van der Waals surface area contributed by atoms with Crippen molar-refractivity contribution in [2.45, 2.75) is 58.0 Å². The molecule has 0 radical (unpaired) electrons. The molecule has 0 unspecified atom stereocenters. The van der Waals surface area contributed by atoms with E-state index in [1.165, 1.54) is 5.56 Å². The van der Waals surface area contributed by atoms with Crippen LogP contribution in [0.4, 0.5) is 0 Å². The van der Waals surface area contributed by atoms with Crippen LogP contribution in [0, 0.1) is 12.8 Å². The number of benzene rings is 1. The van der Waals surface area contributed by atoms with Gasteiger partial charge >= 0.3 is 5.97 Å². The third-order valence-corrected chi connectivity index (χ3v) is 6.01. The van der Waals surface area contributed by atoms with Crippen molar-refractivity contribution in [3.8, 4) is 0 Å². The van der Waals surface area contributed by atoms with Gasteiger partial charge in [-0.3, -0.25) is 4.79 Å². The van der Waals surface area contributed by atoms with Gasteiger partial charge in [0.1, 0.15) is 11.8 Å². The summed E-state index contributed by atoms with van der Waals surface area (Å²) in [5, 5.41) is 0. The first-order valence-corrected chi connectivity index (χ1v) is 9.55. The van der Waals surface area contributed by atoms with Gasteiger partial charge < -0.3 is 9.72 Å². The monoisotopic (exact) mass is 351 g/mol. The quantitative estimate of drug-likeness (QED) is 0.823. The molecule has 0 spiro atoms. The van der Waals surface area contributed by atoms with E-state index in [1.54, 1.807) is 0 Å². The van der Waals surface area contributed by atoms with Crippen LogP contribution >= 0.6 is 0 Å². The van der Waals surface area contributed by atoms with E-state index in [0.29, 0.717) is 23.6 Å². The molecule has 1 N–H and O–H groups in total. The Morgan fingerprint density at radius 2 is 1.92 bits per heavy atom. The minimum absolute atomic E-state index is 0.00463. The van der Waals surface area contributed by atoms with Gasteiger partial charge in [0, 0.05) is 17.7 Å². The van der Waals surface area contributed by atoms with E-state index in [2.05, 4.69) is 24.0 Å². The number of hydrogen-bond donors (Lipinski definition) is 1. The maximum Gasteiger partial charge on any atom is 0.355 e. The van der Waals surface area contributed by atoms with Gasteiger partial charge in [0.25, 0.3) is 0 Å². The largest absolute Gasteiger partial charge is 0.457 e. The second-order valence-corrected chi connectivity index (χ2v) is 7.77. The maximum atomic E-state index is 12.8. The van der Waals surface area contributed by atoms with Crippen LogP contribution in [-0.2, 0) is 11.2 Å². The molecule has 4 rings (SSSR count). The highest BCUT2D eigenvalue weighted by Gasteiger charge is 2.34. The predicted octanol–water partition coefficient (Wildman–Crippen LogP) is 4.58. The molecule has 1 aromatic heterocycles. The molecule has 1 heterocycles. The summed E-state index contributed by atoms with van der Waals surface area (Å²) in [5.41, 5.74) is 3.94. The first-order valence-electron chi connectivity index (χ1n) is 9.55. The number of Topliss-reactive ketones (excluding diaryl/α,β-unsaturated/α-hetero) is 1. The number of carbonyl (C=O) groups excluding carboxylic acids is 2. The van der Waals surface area contributed by atoms with Gasteiger partial charge in [0.05, 0.1) is 0 Å². The molecule has 2 aliphatic carbocycles. The second kappa shape index (κ2) is 6.75. The van der Waals surface area contributed by atoms with Crippen molar-refractivity contribution < 1.29 is 14.3 Å². The van der Waals surface area contributed by atoms with E-state index in [0.717, 1.165) is 36.9 Å². The molecular weight excluding hydrogens is 326 g/mol. The fourth-order valence-electron chi connectivity index (χ4n) is 4.48. The fourth-order valence-corrected chi connectivity index (χ4v) is 4.48. The number of hydrogen-bond acceptors (Lipinski definition) is 3. The summed E-state index contributed by atoms with van der Waals surface area (Å²) in [6, 6.07) is 10.1. The summed E-state index contributed by atoms with van der Waals surface area (Å²) < 4.78 is 5.73. The highest BCUT2D eigenvalue weighted by Crippen LogP contribution is 2.35. The van der Waals surface area contributed by atoms with Crippen LogP contribution in [0.2, 0.25) is 0 Å². The van der Waals surface area contributed by atoms with E-state index < -0.39 is 0 Å². The molecule has 0 amide bonds. The highest BCUT2D eigenvalue weighted by atomic mass is 16.5. The van der Waals surface area contributed by atoms with Gasteiger partial charge in [-0.15, -0.1) is 0 Å². The number of aromatic nitrogens is 1. The number of ketones is 1. The normalized spacial score (nSPS) is 25.2. The molecule has 0 bridgehead atoms. The van der Waals surface area contributed by atoms with Gasteiger partial charge in [-0.05, 0) is 55.6 Å². The van der Waals surface area contributed by atoms with Crippen molar-refractivity contribution in [1.29, 1.82) is 0 Å². The number of H-pyrrole nitrogens is 1. The van der Waals surface area contributed by atoms with E-state index >= 15 is 0 Å². The maximum absolute atomic E-state index is 12.8. The molecule has 4 heteroatoms. The van der Waals surface area contributed by atoms with Crippen LogP contribution in [0.3, 0.4) is 0 Å². The summed E-state index contributed by atoms with van der Waals surface area (Å²) >= 11 is 0. The third-order valence-electron chi connectivity index (χ3n) is 6.01. The summed E-state index contributed by atoms with van der Waals surface area (Å²) in [6.07, 6.45) is 4.38. The van der Waals surface area contributed by atoms with Gasteiger partial charge in [0.15, 0.2) is 5.78 Å². The van der Waals surface area contributed by atoms with Crippen molar-refractivity contribution in [3.05, 3.63) is 58.4 Å². The summed E-state index contributed by atoms with van der Waals surface area (Å²) in [5.74, 6) is 0.364. The zero-order chi connectivity index (χ0) is 18.3. The fraction of sp³-hybridized carbons (Fsp3) is 0.455. The zero-order valence-electron chi connectivity index (χ0n) is 15.4. The van der Waals surface area contributed by atoms with E-state index in [4.69, 9.17) is 4.74 Å². The van der Waals surface area contributed by atoms with Crippen LogP contribution in [0.5, 0.6) is 0 Å². The molecule has 2 aromatic rings. The van der Waals surface area contributed by atoms with Crippen molar-refractivity contribution in [2.75, 3.05) is 0 Å². The Morgan fingerprint density at radius 1 is 1.15 bits per heavy atom. The standard InChI is InChI=1S/C22H25NO3/c1-13-7-6-10-19(13)26-22(25)21-14(2)20-17(23-21)11-16(12-18(20)24)15-8-4-3-5-9-15/h3-5,8-9,13,16,19,23H,6-7,10-12H2,1-2H3/t13-,16+,19+/m1/s1. The molecule has 26 heavy (non-hydrogen) atoms.